The SMILES string of the molecule is CCCC(=O)N(CC(=O)Nc1cc(C(C)(C)C)nn1C)C(C)C. The number of nitrogens with zero attached hydrogens (tertiary/aromatic N) is 3. The average Bonchev–Trinajstić information content (AvgIpc) is 2.77. The Morgan fingerprint density at radius 2 is 1.96 bits per heavy atom. The fourth-order valence-corrected chi connectivity index (χ4v) is 2.20. The van der Waals surface area contributed by atoms with Gasteiger partial charge in [0.15, 0.2) is 0 Å². The van der Waals surface area contributed by atoms with Crippen LogP contribution in [0.4, 0.5) is 5.82 Å². The van der Waals surface area contributed by atoms with Crippen molar-refractivity contribution >= 4 is 17.6 Å². The molecule has 2 amide bonds. The van der Waals surface area contributed by atoms with Gasteiger partial charge in [-0.25, -0.2) is 0 Å². The molecule has 1 aromatic rings. The molecule has 0 aliphatic carbocycles. The van der Waals surface area contributed by atoms with Crippen LogP contribution < -0.4 is 5.32 Å². The summed E-state index contributed by atoms with van der Waals surface area (Å²) in [7, 11) is 1.80. The molecular formula is C17H30N4O2. The van der Waals surface area contributed by atoms with Crippen LogP contribution >= 0.6 is 0 Å². The molecule has 6 heteroatoms. The van der Waals surface area contributed by atoms with E-state index in [4.69, 9.17) is 0 Å². The lowest BCUT2D eigenvalue weighted by Gasteiger charge is -2.26. The molecule has 1 rings (SSSR count). The zero-order valence-electron chi connectivity index (χ0n) is 15.4. The minimum atomic E-state index is -0.202. The molecule has 0 fully saturated rings. The van der Waals surface area contributed by atoms with Gasteiger partial charge in [0.1, 0.15) is 12.4 Å². The van der Waals surface area contributed by atoms with Crippen LogP contribution in [0, 0.1) is 0 Å². The van der Waals surface area contributed by atoms with Crippen LogP contribution in [0.5, 0.6) is 0 Å². The van der Waals surface area contributed by atoms with Gasteiger partial charge in [-0.05, 0) is 20.3 Å². The molecule has 0 aliphatic heterocycles. The number of hydrogen-bond donors (Lipinski definition) is 1. The van der Waals surface area contributed by atoms with Crippen LogP contribution in [0.2, 0.25) is 0 Å². The molecule has 1 N–H and O–H groups in total. The molecule has 0 saturated heterocycles. The van der Waals surface area contributed by atoms with Crippen molar-refractivity contribution < 1.29 is 9.59 Å². The molecule has 0 saturated carbocycles. The predicted octanol–water partition coefficient (Wildman–Crippen LogP) is 2.69. The Morgan fingerprint density at radius 3 is 2.39 bits per heavy atom. The highest BCUT2D eigenvalue weighted by atomic mass is 16.2. The smallest absolute Gasteiger partial charge is 0.245 e. The lowest BCUT2D eigenvalue weighted by Crippen LogP contribution is -2.42. The number of hydrogen-bond acceptors (Lipinski definition) is 3. The fraction of sp³-hybridized carbons (Fsp3) is 0.706. The first kappa shape index (κ1) is 19.2. The Hall–Kier alpha value is -1.85. The van der Waals surface area contributed by atoms with E-state index in [1.807, 2.05) is 26.8 Å². The molecule has 0 atom stereocenters. The van der Waals surface area contributed by atoms with E-state index in [0.717, 1.165) is 12.1 Å². The molecule has 0 radical (unpaired) electrons. The third-order valence-corrected chi connectivity index (χ3v) is 3.64. The maximum atomic E-state index is 12.3. The minimum absolute atomic E-state index is 0.00327. The third-order valence-electron chi connectivity index (χ3n) is 3.64. The van der Waals surface area contributed by atoms with Crippen molar-refractivity contribution in [2.75, 3.05) is 11.9 Å². The highest BCUT2D eigenvalue weighted by molar-refractivity contribution is 5.94. The standard InChI is InChI=1S/C17H30N4O2/c1-8-9-16(23)21(12(2)3)11-15(22)18-14-10-13(17(4,5)6)19-20(14)7/h10,12H,8-9,11H2,1-7H3,(H,18,22). The number of rotatable bonds is 6. The first-order valence-corrected chi connectivity index (χ1v) is 8.20. The van der Waals surface area contributed by atoms with Crippen molar-refractivity contribution in [3.63, 3.8) is 0 Å². The van der Waals surface area contributed by atoms with Crippen molar-refractivity contribution in [2.24, 2.45) is 7.05 Å². The second-order valence-electron chi connectivity index (χ2n) is 7.20. The molecule has 1 heterocycles. The van der Waals surface area contributed by atoms with Gasteiger partial charge < -0.3 is 10.2 Å². The van der Waals surface area contributed by atoms with E-state index >= 15 is 0 Å². The number of aromatic nitrogens is 2. The highest BCUT2D eigenvalue weighted by Gasteiger charge is 2.22. The van der Waals surface area contributed by atoms with Gasteiger partial charge in [0, 0.05) is 31.0 Å². The molecule has 6 nitrogen and oxygen atoms in total. The molecule has 0 spiro atoms. The Morgan fingerprint density at radius 1 is 1.35 bits per heavy atom. The van der Waals surface area contributed by atoms with Crippen LogP contribution in [0.15, 0.2) is 6.07 Å². The molecule has 23 heavy (non-hydrogen) atoms. The second kappa shape index (κ2) is 7.62. The van der Waals surface area contributed by atoms with Gasteiger partial charge in [-0.2, -0.15) is 5.10 Å². The summed E-state index contributed by atoms with van der Waals surface area (Å²) in [6.07, 6.45) is 1.24. The van der Waals surface area contributed by atoms with Gasteiger partial charge >= 0.3 is 0 Å². The van der Waals surface area contributed by atoms with Crippen molar-refractivity contribution in [2.45, 2.75) is 65.8 Å². The van der Waals surface area contributed by atoms with E-state index in [-0.39, 0.29) is 29.8 Å². The topological polar surface area (TPSA) is 67.2 Å². The van der Waals surface area contributed by atoms with Crippen LogP contribution in [0.1, 0.15) is 60.1 Å². The Kier molecular flexibility index (Phi) is 6.36. The molecular weight excluding hydrogens is 292 g/mol. The largest absolute Gasteiger partial charge is 0.331 e. The van der Waals surface area contributed by atoms with Gasteiger partial charge in [-0.3, -0.25) is 14.3 Å². The zero-order valence-corrected chi connectivity index (χ0v) is 15.4. The van der Waals surface area contributed by atoms with E-state index in [2.05, 4.69) is 31.2 Å². The number of nitrogens with one attached hydrogen (secondary N) is 1. The summed E-state index contributed by atoms with van der Waals surface area (Å²) in [5, 5.41) is 7.29. The summed E-state index contributed by atoms with van der Waals surface area (Å²) in [6.45, 7) is 12.1. The fourth-order valence-electron chi connectivity index (χ4n) is 2.20. The third kappa shape index (κ3) is 5.37. The van der Waals surface area contributed by atoms with Gasteiger partial charge in [-0.1, -0.05) is 27.7 Å². The lowest BCUT2D eigenvalue weighted by atomic mass is 9.92. The summed E-state index contributed by atoms with van der Waals surface area (Å²) in [5.74, 6) is 0.455. The second-order valence-corrected chi connectivity index (χ2v) is 7.20. The molecule has 0 aliphatic rings. The summed E-state index contributed by atoms with van der Waals surface area (Å²) >= 11 is 0. The first-order valence-electron chi connectivity index (χ1n) is 8.20. The van der Waals surface area contributed by atoms with E-state index in [1.165, 1.54) is 0 Å². The van der Waals surface area contributed by atoms with Crippen molar-refractivity contribution in [1.82, 2.24) is 14.7 Å². The predicted molar refractivity (Wildman–Crippen MR) is 92.3 cm³/mol. The van der Waals surface area contributed by atoms with Gasteiger partial charge in [0.25, 0.3) is 0 Å². The normalized spacial score (nSPS) is 11.7. The van der Waals surface area contributed by atoms with E-state index in [1.54, 1.807) is 16.6 Å². The molecule has 130 valence electrons. The maximum Gasteiger partial charge on any atom is 0.245 e. The average molecular weight is 322 g/mol. The number of carbonyl (C=O) groups excluding carboxylic acids is 2. The number of anilines is 1. The number of carbonyl (C=O) groups is 2. The number of aryl methyl sites for hydroxylation is 1. The summed E-state index contributed by atoms with van der Waals surface area (Å²) in [4.78, 5) is 26.0. The van der Waals surface area contributed by atoms with Gasteiger partial charge in [-0.15, -0.1) is 0 Å². The van der Waals surface area contributed by atoms with Crippen molar-refractivity contribution in [3.05, 3.63) is 11.8 Å². The molecule has 1 aromatic heterocycles. The Bertz CT molecular complexity index is 555. The van der Waals surface area contributed by atoms with E-state index in [9.17, 15) is 9.59 Å². The first-order chi connectivity index (χ1) is 10.6. The zero-order chi connectivity index (χ0) is 17.8. The Labute approximate surface area is 139 Å². The van der Waals surface area contributed by atoms with Gasteiger partial charge in [0.2, 0.25) is 11.8 Å². The lowest BCUT2D eigenvalue weighted by molar-refractivity contribution is -0.136. The summed E-state index contributed by atoms with van der Waals surface area (Å²) < 4.78 is 1.66. The summed E-state index contributed by atoms with van der Waals surface area (Å²) in [6, 6.07) is 1.88. The number of amides is 2. The van der Waals surface area contributed by atoms with Crippen molar-refractivity contribution in [3.8, 4) is 0 Å². The molecule has 0 bridgehead atoms. The monoisotopic (exact) mass is 322 g/mol. The quantitative estimate of drug-likeness (QED) is 0.875. The highest BCUT2D eigenvalue weighted by Crippen LogP contribution is 2.23. The molecule has 0 aromatic carbocycles. The molecule has 0 unspecified atom stereocenters. The van der Waals surface area contributed by atoms with Gasteiger partial charge in [0.05, 0.1) is 5.69 Å². The van der Waals surface area contributed by atoms with E-state index < -0.39 is 0 Å². The van der Waals surface area contributed by atoms with Crippen LogP contribution in [0.3, 0.4) is 0 Å². The maximum absolute atomic E-state index is 12.3. The Balaban J connectivity index is 2.79. The van der Waals surface area contributed by atoms with E-state index in [0.29, 0.717) is 12.2 Å². The van der Waals surface area contributed by atoms with Crippen molar-refractivity contribution in [1.29, 1.82) is 0 Å². The van der Waals surface area contributed by atoms with Crippen LogP contribution in [-0.2, 0) is 22.1 Å². The minimum Gasteiger partial charge on any atom is -0.331 e. The van der Waals surface area contributed by atoms with Crippen LogP contribution in [-0.4, -0.2) is 39.1 Å². The summed E-state index contributed by atoms with van der Waals surface area (Å²) in [5.41, 5.74) is 0.833. The van der Waals surface area contributed by atoms with Crippen LogP contribution in [0.25, 0.3) is 0 Å².